The number of fused-ring (bicyclic) bond motifs is 1. The van der Waals surface area contributed by atoms with Crippen molar-refractivity contribution in [1.29, 1.82) is 0 Å². The van der Waals surface area contributed by atoms with Crippen LogP contribution in [0.5, 0.6) is 11.5 Å². The number of hydrogen-bond donors (Lipinski definition) is 3. The Morgan fingerprint density at radius 1 is 1.10 bits per heavy atom. The highest BCUT2D eigenvalue weighted by Crippen LogP contribution is 2.33. The average molecular weight is 287 g/mol. The van der Waals surface area contributed by atoms with E-state index in [4.69, 9.17) is 15.2 Å². The highest BCUT2D eigenvalue weighted by Gasteiger charge is 2.12. The number of nitrogens with one attached hydrogen (secondary N) is 2. The summed E-state index contributed by atoms with van der Waals surface area (Å²) in [6.07, 6.45) is 0. The second-order valence-corrected chi connectivity index (χ2v) is 4.51. The highest BCUT2D eigenvalue weighted by atomic mass is 16.6. The summed E-state index contributed by atoms with van der Waals surface area (Å²) in [6.45, 7) is 3.89. The topological polar surface area (TPSA) is 94.3 Å². The lowest BCUT2D eigenvalue weighted by molar-refractivity contribution is 0.171. The Balaban J connectivity index is 1.83. The van der Waals surface area contributed by atoms with E-state index in [1.54, 1.807) is 6.07 Å². The molecule has 110 valence electrons. The Hall–Kier alpha value is -2.70. The maximum atomic E-state index is 5.71. The van der Waals surface area contributed by atoms with Crippen molar-refractivity contribution in [3.05, 3.63) is 24.3 Å². The first-order valence-electron chi connectivity index (χ1n) is 6.79. The molecule has 1 aromatic heterocycles. The van der Waals surface area contributed by atoms with Gasteiger partial charge in [-0.15, -0.1) is 0 Å². The molecule has 0 radical (unpaired) electrons. The summed E-state index contributed by atoms with van der Waals surface area (Å²) in [5.41, 5.74) is 6.55. The molecule has 0 spiro atoms. The van der Waals surface area contributed by atoms with Crippen molar-refractivity contribution in [2.24, 2.45) is 0 Å². The standard InChI is InChI=1S/C14H17N5O2/c1-2-16-12-8-13(19-14(15)18-12)17-9-3-4-10-11(7-9)21-6-5-20-10/h3-4,7-8H,2,5-6H2,1H3,(H4,15,16,17,18,19). The summed E-state index contributed by atoms with van der Waals surface area (Å²) in [4.78, 5) is 8.27. The Kier molecular flexibility index (Phi) is 3.63. The fourth-order valence-corrected chi connectivity index (χ4v) is 2.07. The molecule has 3 rings (SSSR count). The summed E-state index contributed by atoms with van der Waals surface area (Å²) >= 11 is 0. The maximum Gasteiger partial charge on any atom is 0.223 e. The van der Waals surface area contributed by atoms with Crippen LogP contribution in [-0.4, -0.2) is 29.7 Å². The summed E-state index contributed by atoms with van der Waals surface area (Å²) in [5, 5.41) is 6.30. The lowest BCUT2D eigenvalue weighted by Crippen LogP contribution is -2.15. The normalized spacial score (nSPS) is 12.8. The summed E-state index contributed by atoms with van der Waals surface area (Å²) in [5.74, 6) is 3.00. The van der Waals surface area contributed by atoms with E-state index in [0.29, 0.717) is 24.8 Å². The van der Waals surface area contributed by atoms with Gasteiger partial charge in [0.15, 0.2) is 11.5 Å². The maximum absolute atomic E-state index is 5.71. The molecule has 1 aliphatic rings. The Bertz CT molecular complexity index is 647. The minimum atomic E-state index is 0.216. The van der Waals surface area contributed by atoms with Crippen LogP contribution in [0.25, 0.3) is 0 Å². The first kappa shape index (κ1) is 13.3. The smallest absolute Gasteiger partial charge is 0.223 e. The molecule has 0 unspecified atom stereocenters. The van der Waals surface area contributed by atoms with Crippen LogP contribution in [0.3, 0.4) is 0 Å². The molecule has 2 aromatic rings. The molecule has 1 aliphatic heterocycles. The minimum Gasteiger partial charge on any atom is -0.486 e. The van der Waals surface area contributed by atoms with Gasteiger partial charge < -0.3 is 25.8 Å². The van der Waals surface area contributed by atoms with Crippen molar-refractivity contribution in [3.8, 4) is 11.5 Å². The van der Waals surface area contributed by atoms with Crippen molar-refractivity contribution in [2.75, 3.05) is 36.1 Å². The van der Waals surface area contributed by atoms with E-state index in [2.05, 4.69) is 20.6 Å². The van der Waals surface area contributed by atoms with Crippen LogP contribution < -0.4 is 25.8 Å². The van der Waals surface area contributed by atoms with Gasteiger partial charge in [0.25, 0.3) is 0 Å². The second kappa shape index (κ2) is 5.74. The Morgan fingerprint density at radius 2 is 1.86 bits per heavy atom. The molecular weight excluding hydrogens is 270 g/mol. The van der Waals surface area contributed by atoms with Crippen molar-refractivity contribution in [2.45, 2.75) is 6.92 Å². The van der Waals surface area contributed by atoms with Crippen LogP contribution in [-0.2, 0) is 0 Å². The van der Waals surface area contributed by atoms with Crippen molar-refractivity contribution in [1.82, 2.24) is 9.97 Å². The van der Waals surface area contributed by atoms with E-state index in [1.165, 1.54) is 0 Å². The lowest BCUT2D eigenvalue weighted by Gasteiger charge is -2.19. The van der Waals surface area contributed by atoms with E-state index < -0.39 is 0 Å². The molecule has 7 nitrogen and oxygen atoms in total. The number of ether oxygens (including phenoxy) is 2. The van der Waals surface area contributed by atoms with Gasteiger partial charge in [-0.05, 0) is 19.1 Å². The van der Waals surface area contributed by atoms with E-state index in [1.807, 2.05) is 25.1 Å². The summed E-state index contributed by atoms with van der Waals surface area (Å²) in [7, 11) is 0. The number of benzene rings is 1. The van der Waals surface area contributed by atoms with Gasteiger partial charge in [0.1, 0.15) is 24.8 Å². The first-order chi connectivity index (χ1) is 10.2. The van der Waals surface area contributed by atoms with Crippen molar-refractivity contribution in [3.63, 3.8) is 0 Å². The Morgan fingerprint density at radius 3 is 2.67 bits per heavy atom. The van der Waals surface area contributed by atoms with Gasteiger partial charge >= 0.3 is 0 Å². The molecule has 0 amide bonds. The zero-order valence-electron chi connectivity index (χ0n) is 11.7. The van der Waals surface area contributed by atoms with Gasteiger partial charge in [0.2, 0.25) is 5.95 Å². The van der Waals surface area contributed by atoms with E-state index in [9.17, 15) is 0 Å². The molecule has 0 atom stereocenters. The van der Waals surface area contributed by atoms with Crippen LogP contribution in [0, 0.1) is 0 Å². The molecule has 0 saturated heterocycles. The zero-order valence-corrected chi connectivity index (χ0v) is 11.7. The summed E-state index contributed by atoms with van der Waals surface area (Å²) < 4.78 is 11.0. The Labute approximate surface area is 122 Å². The third-order valence-corrected chi connectivity index (χ3v) is 2.92. The second-order valence-electron chi connectivity index (χ2n) is 4.51. The number of nitrogen functional groups attached to an aromatic ring is 1. The molecule has 0 aliphatic carbocycles. The van der Waals surface area contributed by atoms with Crippen LogP contribution in [0.15, 0.2) is 24.3 Å². The zero-order chi connectivity index (χ0) is 14.7. The van der Waals surface area contributed by atoms with Gasteiger partial charge in [0.05, 0.1) is 0 Å². The first-order valence-corrected chi connectivity index (χ1v) is 6.79. The van der Waals surface area contributed by atoms with Crippen LogP contribution in [0.2, 0.25) is 0 Å². The van der Waals surface area contributed by atoms with Gasteiger partial charge in [0, 0.05) is 24.4 Å². The van der Waals surface area contributed by atoms with Crippen LogP contribution in [0.1, 0.15) is 6.92 Å². The molecule has 4 N–H and O–H groups in total. The average Bonchev–Trinajstić information content (AvgIpc) is 2.47. The van der Waals surface area contributed by atoms with E-state index >= 15 is 0 Å². The van der Waals surface area contributed by atoms with Crippen LogP contribution >= 0.6 is 0 Å². The molecule has 7 heteroatoms. The molecule has 0 saturated carbocycles. The molecule has 0 bridgehead atoms. The van der Waals surface area contributed by atoms with Crippen molar-refractivity contribution >= 4 is 23.3 Å². The van der Waals surface area contributed by atoms with Gasteiger partial charge in [-0.3, -0.25) is 0 Å². The fourth-order valence-electron chi connectivity index (χ4n) is 2.07. The molecule has 1 aromatic carbocycles. The van der Waals surface area contributed by atoms with E-state index in [0.717, 1.165) is 23.7 Å². The largest absolute Gasteiger partial charge is 0.486 e. The molecule has 21 heavy (non-hydrogen) atoms. The predicted molar refractivity (Wildman–Crippen MR) is 81.3 cm³/mol. The monoisotopic (exact) mass is 287 g/mol. The van der Waals surface area contributed by atoms with Gasteiger partial charge in [-0.25, -0.2) is 0 Å². The number of rotatable bonds is 4. The number of hydrogen-bond acceptors (Lipinski definition) is 7. The van der Waals surface area contributed by atoms with Crippen molar-refractivity contribution < 1.29 is 9.47 Å². The third kappa shape index (κ3) is 3.07. The highest BCUT2D eigenvalue weighted by molar-refractivity contribution is 5.64. The van der Waals surface area contributed by atoms with E-state index in [-0.39, 0.29) is 5.95 Å². The molecule has 2 heterocycles. The van der Waals surface area contributed by atoms with Gasteiger partial charge in [-0.1, -0.05) is 0 Å². The summed E-state index contributed by atoms with van der Waals surface area (Å²) in [6, 6.07) is 7.45. The molecule has 0 fully saturated rings. The lowest BCUT2D eigenvalue weighted by atomic mass is 10.2. The number of nitrogens with zero attached hydrogens (tertiary/aromatic N) is 2. The number of nitrogens with two attached hydrogens (primary N) is 1. The minimum absolute atomic E-state index is 0.216. The quantitative estimate of drug-likeness (QED) is 0.791. The molecular formula is C14H17N5O2. The SMILES string of the molecule is CCNc1cc(Nc2ccc3c(c2)OCCO3)nc(N)n1. The fraction of sp³-hybridized carbons (Fsp3) is 0.286. The number of anilines is 4. The predicted octanol–water partition coefficient (Wildman–Crippen LogP) is 2.01. The number of aromatic nitrogens is 2. The van der Waals surface area contributed by atoms with Crippen LogP contribution in [0.4, 0.5) is 23.3 Å². The van der Waals surface area contributed by atoms with Gasteiger partial charge in [-0.2, -0.15) is 9.97 Å². The third-order valence-electron chi connectivity index (χ3n) is 2.92.